The first kappa shape index (κ1) is 17.8. The maximum absolute atomic E-state index is 11.9. The lowest BCUT2D eigenvalue weighted by atomic mass is 10.3. The molecule has 0 spiro atoms. The molecule has 0 fully saturated rings. The van der Waals surface area contributed by atoms with E-state index >= 15 is 0 Å². The molecule has 0 aliphatic carbocycles. The number of ether oxygens (including phenoxy) is 1. The number of nitrogens with two attached hydrogens (primary N) is 1. The van der Waals surface area contributed by atoms with E-state index in [1.807, 2.05) is 0 Å². The van der Waals surface area contributed by atoms with Crippen LogP contribution in [0.15, 0.2) is 29.3 Å². The Morgan fingerprint density at radius 2 is 1.89 bits per heavy atom. The zero-order chi connectivity index (χ0) is 13.6. The van der Waals surface area contributed by atoms with Crippen molar-refractivity contribution in [3.63, 3.8) is 0 Å². The second kappa shape index (κ2) is 8.04. The molecule has 0 amide bonds. The highest BCUT2D eigenvalue weighted by atomic mass is 127. The number of hydrogen-bond donors (Lipinski definition) is 3. The van der Waals surface area contributed by atoms with Gasteiger partial charge in [0.25, 0.3) is 0 Å². The molecule has 0 atom stereocenters. The van der Waals surface area contributed by atoms with Gasteiger partial charge < -0.3 is 20.9 Å². The maximum atomic E-state index is 11.9. The van der Waals surface area contributed by atoms with Gasteiger partial charge in [0.2, 0.25) is 0 Å². The monoisotopic (exact) mass is 391 g/mol. The standard InChI is InChI=1S/C10H12F3N3O2.HI/c11-10(12,13)18-8-3-1-7(2-4-8)16-9(14)15-5-6-17;/h1-4,17H,5-6H2,(H3,14,15,16);1H. The fourth-order valence-corrected chi connectivity index (χ4v) is 1.10. The molecule has 5 nitrogen and oxygen atoms in total. The Balaban J connectivity index is 0.00000324. The highest BCUT2D eigenvalue weighted by Crippen LogP contribution is 2.23. The molecule has 0 bridgehead atoms. The van der Waals surface area contributed by atoms with Crippen molar-refractivity contribution >= 4 is 35.6 Å². The number of aliphatic hydroxyl groups is 1. The van der Waals surface area contributed by atoms with Gasteiger partial charge in [0, 0.05) is 5.69 Å². The van der Waals surface area contributed by atoms with Crippen molar-refractivity contribution < 1.29 is 23.0 Å². The first-order valence-corrected chi connectivity index (χ1v) is 4.94. The summed E-state index contributed by atoms with van der Waals surface area (Å²) >= 11 is 0. The Bertz CT molecular complexity index is 409. The molecule has 0 aliphatic heterocycles. The van der Waals surface area contributed by atoms with Crippen LogP contribution in [0.2, 0.25) is 0 Å². The number of guanidine groups is 1. The number of halogens is 4. The molecule has 0 aromatic heterocycles. The van der Waals surface area contributed by atoms with Gasteiger partial charge in [-0.05, 0) is 24.3 Å². The molecule has 108 valence electrons. The number of hydrogen-bond acceptors (Lipinski definition) is 3. The predicted octanol–water partition coefficient (Wildman–Crippen LogP) is 1.92. The van der Waals surface area contributed by atoms with E-state index < -0.39 is 6.36 Å². The van der Waals surface area contributed by atoms with Crippen molar-refractivity contribution in [3.05, 3.63) is 24.3 Å². The number of aliphatic imine (C=N–C) groups is 1. The molecule has 0 saturated carbocycles. The number of rotatable bonds is 4. The first-order chi connectivity index (χ1) is 8.40. The highest BCUT2D eigenvalue weighted by Gasteiger charge is 2.30. The molecule has 0 aliphatic rings. The summed E-state index contributed by atoms with van der Waals surface area (Å²) in [6.45, 7) is 0.00877. The first-order valence-electron chi connectivity index (χ1n) is 4.94. The summed E-state index contributed by atoms with van der Waals surface area (Å²) in [5.41, 5.74) is 5.91. The molecule has 1 rings (SSSR count). The molecule has 9 heteroatoms. The van der Waals surface area contributed by atoms with Crippen LogP contribution in [0.4, 0.5) is 18.9 Å². The summed E-state index contributed by atoms with van der Waals surface area (Å²) < 4.78 is 39.4. The van der Waals surface area contributed by atoms with Gasteiger partial charge in [0.1, 0.15) is 5.75 Å². The normalized spacial score (nSPS) is 11.7. The van der Waals surface area contributed by atoms with Gasteiger partial charge in [-0.1, -0.05) is 0 Å². The molecule has 4 N–H and O–H groups in total. The van der Waals surface area contributed by atoms with E-state index in [1.54, 1.807) is 0 Å². The third kappa shape index (κ3) is 7.72. The molecule has 0 saturated heterocycles. The van der Waals surface area contributed by atoms with Crippen molar-refractivity contribution in [2.45, 2.75) is 6.36 Å². The van der Waals surface area contributed by atoms with Crippen LogP contribution in [0.3, 0.4) is 0 Å². The minimum absolute atomic E-state index is 0. The van der Waals surface area contributed by atoms with Gasteiger partial charge in [-0.15, -0.1) is 37.1 Å². The van der Waals surface area contributed by atoms with Gasteiger partial charge in [0.15, 0.2) is 5.96 Å². The molecule has 19 heavy (non-hydrogen) atoms. The summed E-state index contributed by atoms with van der Waals surface area (Å²) in [7, 11) is 0. The van der Waals surface area contributed by atoms with Crippen LogP contribution in [0.25, 0.3) is 0 Å². The average Bonchev–Trinajstić information content (AvgIpc) is 2.27. The summed E-state index contributed by atoms with van der Waals surface area (Å²) in [6.07, 6.45) is -4.71. The van der Waals surface area contributed by atoms with E-state index in [0.29, 0.717) is 5.69 Å². The number of aliphatic hydroxyl groups excluding tert-OH is 1. The van der Waals surface area contributed by atoms with Crippen LogP contribution in [-0.2, 0) is 0 Å². The minimum Gasteiger partial charge on any atom is -0.406 e. The minimum atomic E-state index is -4.71. The second-order valence-electron chi connectivity index (χ2n) is 3.19. The summed E-state index contributed by atoms with van der Waals surface area (Å²) in [6, 6.07) is 5.02. The lowest BCUT2D eigenvalue weighted by molar-refractivity contribution is -0.274. The van der Waals surface area contributed by atoms with E-state index in [-0.39, 0.29) is 48.8 Å². The molecular formula is C10H13F3IN3O2. The van der Waals surface area contributed by atoms with Crippen molar-refractivity contribution in [2.75, 3.05) is 18.5 Å². The van der Waals surface area contributed by atoms with E-state index in [2.05, 4.69) is 15.0 Å². The van der Waals surface area contributed by atoms with Crippen LogP contribution in [0, 0.1) is 0 Å². The summed E-state index contributed by atoms with van der Waals surface area (Å²) in [5.74, 6) is -0.257. The van der Waals surface area contributed by atoms with E-state index in [1.165, 1.54) is 12.1 Å². The second-order valence-corrected chi connectivity index (χ2v) is 3.19. The number of nitrogens with one attached hydrogen (secondary N) is 1. The van der Waals surface area contributed by atoms with Gasteiger partial charge >= 0.3 is 6.36 Å². The third-order valence-corrected chi connectivity index (χ3v) is 1.74. The molecule has 1 aromatic rings. The molecule has 0 radical (unpaired) electrons. The van der Waals surface area contributed by atoms with Crippen molar-refractivity contribution in [1.82, 2.24) is 0 Å². The zero-order valence-electron chi connectivity index (χ0n) is 9.65. The Labute approximate surface area is 124 Å². The molecule has 0 heterocycles. The number of benzene rings is 1. The van der Waals surface area contributed by atoms with Crippen LogP contribution >= 0.6 is 24.0 Å². The largest absolute Gasteiger partial charge is 0.573 e. The van der Waals surface area contributed by atoms with Crippen molar-refractivity contribution in [1.29, 1.82) is 0 Å². The fourth-order valence-electron chi connectivity index (χ4n) is 1.10. The van der Waals surface area contributed by atoms with E-state index in [4.69, 9.17) is 10.8 Å². The summed E-state index contributed by atoms with van der Waals surface area (Å²) in [4.78, 5) is 3.74. The number of anilines is 1. The number of alkyl halides is 3. The lowest BCUT2D eigenvalue weighted by Gasteiger charge is -2.10. The predicted molar refractivity (Wildman–Crippen MR) is 75.7 cm³/mol. The van der Waals surface area contributed by atoms with Crippen LogP contribution in [-0.4, -0.2) is 30.6 Å². The number of nitrogens with zero attached hydrogens (tertiary/aromatic N) is 1. The van der Waals surface area contributed by atoms with Crippen molar-refractivity contribution in [3.8, 4) is 5.75 Å². The Morgan fingerprint density at radius 3 is 2.37 bits per heavy atom. The van der Waals surface area contributed by atoms with Gasteiger partial charge in [-0.3, -0.25) is 4.99 Å². The summed E-state index contributed by atoms with van der Waals surface area (Å²) in [5, 5.41) is 11.2. The van der Waals surface area contributed by atoms with E-state index in [9.17, 15) is 13.2 Å². The Kier molecular flexibility index (Phi) is 7.52. The highest BCUT2D eigenvalue weighted by molar-refractivity contribution is 14.0. The van der Waals surface area contributed by atoms with Gasteiger partial charge in [-0.25, -0.2) is 0 Å². The van der Waals surface area contributed by atoms with Crippen LogP contribution in [0.1, 0.15) is 0 Å². The average molecular weight is 391 g/mol. The topological polar surface area (TPSA) is 79.9 Å². The van der Waals surface area contributed by atoms with Crippen molar-refractivity contribution in [2.24, 2.45) is 10.7 Å². The lowest BCUT2D eigenvalue weighted by Crippen LogP contribution is -2.23. The zero-order valence-corrected chi connectivity index (χ0v) is 12.0. The molecule has 0 unspecified atom stereocenters. The fraction of sp³-hybridized carbons (Fsp3) is 0.300. The van der Waals surface area contributed by atoms with Gasteiger partial charge in [-0.2, -0.15) is 0 Å². The molecular weight excluding hydrogens is 378 g/mol. The van der Waals surface area contributed by atoms with Crippen LogP contribution < -0.4 is 15.8 Å². The Morgan fingerprint density at radius 1 is 1.32 bits per heavy atom. The van der Waals surface area contributed by atoms with Crippen LogP contribution in [0.5, 0.6) is 5.75 Å². The Hall–Kier alpha value is -1.23. The van der Waals surface area contributed by atoms with E-state index in [0.717, 1.165) is 12.1 Å². The van der Waals surface area contributed by atoms with Gasteiger partial charge in [0.05, 0.1) is 13.2 Å². The maximum Gasteiger partial charge on any atom is 0.573 e. The smallest absolute Gasteiger partial charge is 0.406 e. The third-order valence-electron chi connectivity index (χ3n) is 1.74. The SMILES string of the molecule is I.NC(=NCCO)Nc1ccc(OC(F)(F)F)cc1. The molecule has 1 aromatic carbocycles. The quantitative estimate of drug-likeness (QED) is 0.417.